The first-order chi connectivity index (χ1) is 17.0. The predicted molar refractivity (Wildman–Crippen MR) is 130 cm³/mol. The number of aromatic nitrogens is 1. The predicted octanol–water partition coefficient (Wildman–Crippen LogP) is 3.69. The number of pyridine rings is 1. The molecule has 0 spiro atoms. The maximum absolute atomic E-state index is 13.0. The van der Waals surface area contributed by atoms with Crippen molar-refractivity contribution in [2.24, 2.45) is 0 Å². The lowest BCUT2D eigenvalue weighted by Gasteiger charge is -2.34. The largest absolute Gasteiger partial charge is 0.416 e. The zero-order chi connectivity index (χ0) is 25.9. The molecule has 2 amide bonds. The van der Waals surface area contributed by atoms with Crippen molar-refractivity contribution >= 4 is 32.6 Å². The fraction of sp³-hybridized carbons (Fsp3) is 0.333. The lowest BCUT2D eigenvalue weighted by atomic mass is 10.1. The number of anilines is 1. The van der Waals surface area contributed by atoms with Gasteiger partial charge in [-0.25, -0.2) is 13.2 Å². The molecule has 1 aliphatic rings. The van der Waals surface area contributed by atoms with Crippen LogP contribution in [0.5, 0.6) is 0 Å². The van der Waals surface area contributed by atoms with E-state index < -0.39 is 21.8 Å². The van der Waals surface area contributed by atoms with Gasteiger partial charge in [-0.1, -0.05) is 24.3 Å². The van der Waals surface area contributed by atoms with Gasteiger partial charge >= 0.3 is 12.2 Å². The van der Waals surface area contributed by atoms with Crippen LogP contribution in [-0.2, 0) is 16.2 Å². The van der Waals surface area contributed by atoms with Gasteiger partial charge in [-0.2, -0.15) is 17.5 Å². The molecule has 0 aliphatic carbocycles. The van der Waals surface area contributed by atoms with Gasteiger partial charge in [0.1, 0.15) is 0 Å². The number of carbonyl (C=O) groups is 1. The summed E-state index contributed by atoms with van der Waals surface area (Å²) in [5.74, 6) is 0. The van der Waals surface area contributed by atoms with Crippen LogP contribution in [0.15, 0.2) is 59.5 Å². The van der Waals surface area contributed by atoms with Crippen LogP contribution in [0.3, 0.4) is 0 Å². The van der Waals surface area contributed by atoms with E-state index in [0.717, 1.165) is 28.7 Å². The molecule has 2 heterocycles. The molecule has 8 nitrogen and oxygen atoms in total. The van der Waals surface area contributed by atoms with Crippen LogP contribution in [0, 0.1) is 6.92 Å². The minimum Gasteiger partial charge on any atom is -0.337 e. The summed E-state index contributed by atoms with van der Waals surface area (Å²) in [6.07, 6.45) is -4.62. The van der Waals surface area contributed by atoms with Gasteiger partial charge in [0.25, 0.3) is 0 Å². The lowest BCUT2D eigenvalue weighted by molar-refractivity contribution is -0.137. The topological polar surface area (TPSA) is 94.6 Å². The highest BCUT2D eigenvalue weighted by atomic mass is 32.2. The average molecular weight is 522 g/mol. The third-order valence-electron chi connectivity index (χ3n) is 5.94. The Hall–Kier alpha value is -3.22. The molecule has 1 saturated heterocycles. The molecule has 192 valence electrons. The molecule has 1 aromatic heterocycles. The van der Waals surface area contributed by atoms with Crippen molar-refractivity contribution < 1.29 is 26.4 Å². The number of sulfonamides is 1. The number of rotatable bonds is 6. The Morgan fingerprint density at radius 3 is 2.47 bits per heavy atom. The van der Waals surface area contributed by atoms with Gasteiger partial charge < -0.3 is 10.6 Å². The van der Waals surface area contributed by atoms with Crippen LogP contribution in [0.25, 0.3) is 10.9 Å². The minimum atomic E-state index is -4.62. The Balaban J connectivity index is 1.27. The quantitative estimate of drug-likeness (QED) is 0.516. The molecule has 4 rings (SSSR count). The van der Waals surface area contributed by atoms with Crippen molar-refractivity contribution in [1.82, 2.24) is 19.5 Å². The highest BCUT2D eigenvalue weighted by Gasteiger charge is 2.34. The van der Waals surface area contributed by atoms with E-state index in [4.69, 9.17) is 0 Å². The second-order valence-corrected chi connectivity index (χ2v) is 10.4. The number of piperazine rings is 1. The second-order valence-electron chi connectivity index (χ2n) is 8.48. The second kappa shape index (κ2) is 10.4. The van der Waals surface area contributed by atoms with Gasteiger partial charge in [0.2, 0.25) is 10.0 Å². The summed E-state index contributed by atoms with van der Waals surface area (Å²) in [7, 11) is -4.04. The zero-order valence-electron chi connectivity index (χ0n) is 19.5. The van der Waals surface area contributed by atoms with Gasteiger partial charge in [0, 0.05) is 50.3 Å². The summed E-state index contributed by atoms with van der Waals surface area (Å²) in [6, 6.07) is 12.7. The number of hydrogen-bond acceptors (Lipinski definition) is 5. The molecule has 1 fully saturated rings. The molecule has 1 aliphatic heterocycles. The van der Waals surface area contributed by atoms with E-state index in [0.29, 0.717) is 37.9 Å². The Kier molecular flexibility index (Phi) is 7.48. The summed E-state index contributed by atoms with van der Waals surface area (Å²) in [5, 5.41) is 6.48. The van der Waals surface area contributed by atoms with Crippen molar-refractivity contribution in [3.8, 4) is 0 Å². The number of nitrogens with one attached hydrogen (secondary N) is 2. The van der Waals surface area contributed by atoms with Crippen LogP contribution in [0.4, 0.5) is 23.7 Å². The highest BCUT2D eigenvalue weighted by molar-refractivity contribution is 7.89. The van der Waals surface area contributed by atoms with Crippen molar-refractivity contribution in [1.29, 1.82) is 0 Å². The van der Waals surface area contributed by atoms with E-state index in [1.165, 1.54) is 10.4 Å². The van der Waals surface area contributed by atoms with E-state index in [2.05, 4.69) is 15.6 Å². The molecule has 0 radical (unpaired) electrons. The molecule has 2 N–H and O–H groups in total. The van der Waals surface area contributed by atoms with Crippen molar-refractivity contribution in [3.05, 3.63) is 65.9 Å². The van der Waals surface area contributed by atoms with Gasteiger partial charge in [0.05, 0.1) is 21.7 Å². The number of benzene rings is 2. The van der Waals surface area contributed by atoms with E-state index >= 15 is 0 Å². The third kappa shape index (κ3) is 5.94. The van der Waals surface area contributed by atoms with E-state index in [1.54, 1.807) is 6.07 Å². The van der Waals surface area contributed by atoms with Crippen molar-refractivity contribution in [2.45, 2.75) is 18.0 Å². The fourth-order valence-corrected chi connectivity index (χ4v) is 5.55. The molecule has 0 saturated carbocycles. The number of alkyl halides is 3. The first kappa shape index (κ1) is 25.9. The highest BCUT2D eigenvalue weighted by Crippen LogP contribution is 2.31. The SMILES string of the molecule is Cc1cc(NC(=O)NCCN2CCN(S(=O)(=O)c3cccc(C(F)(F)F)c3)CC2)c2ccccc2n1. The molecule has 3 aromatic rings. The first-order valence-electron chi connectivity index (χ1n) is 11.3. The molecule has 2 aromatic carbocycles. The van der Waals surface area contributed by atoms with E-state index in [9.17, 15) is 26.4 Å². The monoisotopic (exact) mass is 521 g/mol. The molecule has 36 heavy (non-hydrogen) atoms. The van der Waals surface area contributed by atoms with Crippen LogP contribution >= 0.6 is 0 Å². The fourth-order valence-electron chi connectivity index (χ4n) is 4.08. The van der Waals surface area contributed by atoms with Crippen molar-refractivity contribution in [3.63, 3.8) is 0 Å². The van der Waals surface area contributed by atoms with Crippen LogP contribution < -0.4 is 10.6 Å². The van der Waals surface area contributed by atoms with E-state index in [-0.39, 0.29) is 24.0 Å². The van der Waals surface area contributed by atoms with Crippen LogP contribution in [0.1, 0.15) is 11.3 Å². The number of amides is 2. The molecule has 0 bridgehead atoms. The Morgan fingerprint density at radius 2 is 1.75 bits per heavy atom. The zero-order valence-corrected chi connectivity index (χ0v) is 20.4. The van der Waals surface area contributed by atoms with E-state index in [1.807, 2.05) is 36.1 Å². The van der Waals surface area contributed by atoms with Gasteiger partial charge in [-0.05, 0) is 37.3 Å². The van der Waals surface area contributed by atoms with Crippen LogP contribution in [0.2, 0.25) is 0 Å². The molecule has 0 atom stereocenters. The normalized spacial score (nSPS) is 15.7. The Labute approximate surface area is 207 Å². The maximum Gasteiger partial charge on any atom is 0.416 e. The van der Waals surface area contributed by atoms with Crippen molar-refractivity contribution in [2.75, 3.05) is 44.6 Å². The Morgan fingerprint density at radius 1 is 1.03 bits per heavy atom. The van der Waals surface area contributed by atoms with Gasteiger partial charge in [0.15, 0.2) is 0 Å². The summed E-state index contributed by atoms with van der Waals surface area (Å²) in [6.45, 7) is 3.78. The first-order valence-corrected chi connectivity index (χ1v) is 12.8. The number of fused-ring (bicyclic) bond motifs is 1. The number of carbonyl (C=O) groups excluding carboxylic acids is 1. The number of aryl methyl sites for hydroxylation is 1. The number of para-hydroxylation sites is 1. The minimum absolute atomic E-state index is 0.146. The third-order valence-corrected chi connectivity index (χ3v) is 7.83. The standard InChI is InChI=1S/C24H26F3N5O3S/c1-17-15-22(20-7-2-3-8-21(20)29-17)30-23(33)28-9-10-31-11-13-32(14-12-31)36(34,35)19-6-4-5-18(16-19)24(25,26)27/h2-8,15-16H,9-14H2,1H3,(H2,28,29,30,33). The van der Waals surface area contributed by atoms with Gasteiger partial charge in [-0.15, -0.1) is 0 Å². The maximum atomic E-state index is 13.0. The number of halogens is 3. The Bertz CT molecular complexity index is 1360. The summed E-state index contributed by atoms with van der Waals surface area (Å²) in [5.41, 5.74) is 1.22. The summed E-state index contributed by atoms with van der Waals surface area (Å²) < 4.78 is 65.8. The summed E-state index contributed by atoms with van der Waals surface area (Å²) >= 11 is 0. The lowest BCUT2D eigenvalue weighted by Crippen LogP contribution is -2.50. The van der Waals surface area contributed by atoms with Crippen LogP contribution in [-0.4, -0.2) is 67.9 Å². The number of hydrogen-bond donors (Lipinski definition) is 2. The summed E-state index contributed by atoms with van der Waals surface area (Å²) in [4.78, 5) is 18.5. The smallest absolute Gasteiger partial charge is 0.337 e. The van der Waals surface area contributed by atoms with Gasteiger partial charge in [-0.3, -0.25) is 9.88 Å². The number of nitrogens with zero attached hydrogens (tertiary/aromatic N) is 3. The molecule has 0 unspecified atom stereocenters. The number of urea groups is 1. The molecular formula is C24H26F3N5O3S. The average Bonchev–Trinajstić information content (AvgIpc) is 2.84. The molecular weight excluding hydrogens is 495 g/mol. The molecule has 12 heteroatoms.